The maximum atomic E-state index is 13.7. The summed E-state index contributed by atoms with van der Waals surface area (Å²) in [6.07, 6.45) is 1.64. The van der Waals surface area contributed by atoms with Crippen LogP contribution in [0.1, 0.15) is 44.7 Å². The molecule has 0 radical (unpaired) electrons. The van der Waals surface area contributed by atoms with Crippen molar-refractivity contribution in [2.75, 3.05) is 5.32 Å². The maximum Gasteiger partial charge on any atom is 0.248 e. The molecule has 2 fully saturated rings. The van der Waals surface area contributed by atoms with Crippen LogP contribution < -0.4 is 5.32 Å². The van der Waals surface area contributed by atoms with Crippen LogP contribution in [0.5, 0.6) is 0 Å². The molecule has 3 atom stereocenters. The highest BCUT2D eigenvalue weighted by molar-refractivity contribution is 6.09. The number of nitrogens with zero attached hydrogens (tertiary/aromatic N) is 1. The molecule has 2 aromatic rings. The summed E-state index contributed by atoms with van der Waals surface area (Å²) in [4.78, 5) is 41.9. The predicted molar refractivity (Wildman–Crippen MR) is 120 cm³/mol. The number of anilines is 1. The third kappa shape index (κ3) is 3.46. The van der Waals surface area contributed by atoms with Crippen LogP contribution in [0.2, 0.25) is 0 Å². The van der Waals surface area contributed by atoms with Crippen LogP contribution in [0.15, 0.2) is 54.6 Å². The lowest BCUT2D eigenvalue weighted by Crippen LogP contribution is -2.64. The predicted octanol–water partition coefficient (Wildman–Crippen LogP) is 4.36. The van der Waals surface area contributed by atoms with Crippen LogP contribution in [0.25, 0.3) is 0 Å². The van der Waals surface area contributed by atoms with Crippen LogP contribution in [0.4, 0.5) is 5.69 Å². The number of hydrogen-bond acceptors (Lipinski definition) is 3. The second-order valence-electron chi connectivity index (χ2n) is 9.72. The third-order valence-corrected chi connectivity index (χ3v) is 7.66. The molecule has 5 nitrogen and oxygen atoms in total. The Bertz CT molecular complexity index is 1010. The van der Waals surface area contributed by atoms with E-state index in [1.54, 1.807) is 0 Å². The van der Waals surface area contributed by atoms with Gasteiger partial charge in [0.05, 0.1) is 5.41 Å². The summed E-state index contributed by atoms with van der Waals surface area (Å²) in [5.41, 5.74) is 1.59. The number of rotatable bonds is 5. The van der Waals surface area contributed by atoms with Gasteiger partial charge in [0.15, 0.2) is 0 Å². The number of nitrogens with one attached hydrogen (secondary N) is 1. The van der Waals surface area contributed by atoms with Crippen molar-refractivity contribution in [1.29, 1.82) is 0 Å². The second kappa shape index (κ2) is 7.63. The van der Waals surface area contributed by atoms with Gasteiger partial charge in [0.25, 0.3) is 0 Å². The Hall–Kier alpha value is -2.95. The lowest BCUT2D eigenvalue weighted by molar-refractivity contribution is -0.172. The van der Waals surface area contributed by atoms with Crippen molar-refractivity contribution < 1.29 is 14.4 Å². The van der Waals surface area contributed by atoms with E-state index >= 15 is 0 Å². The minimum Gasteiger partial charge on any atom is -0.324 e. The van der Waals surface area contributed by atoms with Gasteiger partial charge in [0.2, 0.25) is 17.7 Å². The highest BCUT2D eigenvalue weighted by atomic mass is 16.2. The highest BCUT2D eigenvalue weighted by Crippen LogP contribution is 2.60. The lowest BCUT2D eigenvalue weighted by Gasteiger charge is -2.49. The molecule has 2 bridgehead atoms. The average Bonchev–Trinajstić information content (AvgIpc) is 2.93. The van der Waals surface area contributed by atoms with E-state index in [1.165, 1.54) is 4.90 Å². The van der Waals surface area contributed by atoms with E-state index in [9.17, 15) is 14.4 Å². The molecule has 5 heteroatoms. The fourth-order valence-corrected chi connectivity index (χ4v) is 5.15. The molecule has 2 aliphatic rings. The number of hydrogen-bond donors (Lipinski definition) is 1. The van der Waals surface area contributed by atoms with E-state index in [4.69, 9.17) is 0 Å². The fraction of sp³-hybridized carbons (Fsp3) is 0.423. The minimum absolute atomic E-state index is 0.218. The molecule has 2 aromatic carbocycles. The fourth-order valence-electron chi connectivity index (χ4n) is 5.15. The average molecular weight is 419 g/mol. The van der Waals surface area contributed by atoms with Crippen molar-refractivity contribution in [1.82, 2.24) is 4.90 Å². The number of carbonyl (C=O) groups excluding carboxylic acids is 3. The number of carbonyl (C=O) groups is 3. The summed E-state index contributed by atoms with van der Waals surface area (Å²) < 4.78 is 0. The summed E-state index contributed by atoms with van der Waals surface area (Å²) in [7, 11) is 0. The molecule has 4 rings (SSSR count). The summed E-state index contributed by atoms with van der Waals surface area (Å²) in [5.74, 6) is -1.03. The zero-order valence-corrected chi connectivity index (χ0v) is 18.6. The first-order valence-electron chi connectivity index (χ1n) is 10.9. The van der Waals surface area contributed by atoms with Crippen molar-refractivity contribution in [2.45, 2.75) is 53.0 Å². The van der Waals surface area contributed by atoms with Crippen molar-refractivity contribution in [3.63, 3.8) is 0 Å². The van der Waals surface area contributed by atoms with Crippen molar-refractivity contribution in [3.05, 3.63) is 65.7 Å². The number of piperidine rings is 1. The van der Waals surface area contributed by atoms with Gasteiger partial charge >= 0.3 is 0 Å². The molecule has 0 aromatic heterocycles. The standard InChI is InChI=1S/C26H30N2O3/c1-17-10-12-19(13-11-17)27-22(29)21(16-18-8-6-5-7-9-18)28-23(30)20-14-15-26(4,24(28)31)25(20,2)3/h5-13,20-21H,14-16H2,1-4H3,(H,27,29). The van der Waals surface area contributed by atoms with Gasteiger partial charge in [-0.25, -0.2) is 0 Å². The molecule has 1 saturated heterocycles. The van der Waals surface area contributed by atoms with E-state index < -0.39 is 16.9 Å². The molecule has 1 saturated carbocycles. The lowest BCUT2D eigenvalue weighted by atomic mass is 9.62. The van der Waals surface area contributed by atoms with Gasteiger partial charge in [0.1, 0.15) is 6.04 Å². The molecule has 3 amide bonds. The van der Waals surface area contributed by atoms with E-state index in [0.29, 0.717) is 24.9 Å². The second-order valence-corrected chi connectivity index (χ2v) is 9.72. The topological polar surface area (TPSA) is 66.5 Å². The van der Waals surface area contributed by atoms with Crippen LogP contribution in [0.3, 0.4) is 0 Å². The Morgan fingerprint density at radius 1 is 1.06 bits per heavy atom. The molecule has 162 valence electrons. The molecule has 31 heavy (non-hydrogen) atoms. The van der Waals surface area contributed by atoms with Crippen LogP contribution in [-0.4, -0.2) is 28.7 Å². The van der Waals surface area contributed by atoms with Gasteiger partial charge < -0.3 is 5.32 Å². The summed E-state index contributed by atoms with van der Waals surface area (Å²) in [6.45, 7) is 7.95. The van der Waals surface area contributed by atoms with Crippen molar-refractivity contribution >= 4 is 23.4 Å². The Morgan fingerprint density at radius 2 is 1.71 bits per heavy atom. The zero-order valence-electron chi connectivity index (χ0n) is 18.6. The van der Waals surface area contributed by atoms with Gasteiger partial charge in [0, 0.05) is 18.0 Å². The van der Waals surface area contributed by atoms with E-state index in [2.05, 4.69) is 5.32 Å². The summed E-state index contributed by atoms with van der Waals surface area (Å²) in [6, 6.07) is 16.2. The van der Waals surface area contributed by atoms with Crippen LogP contribution in [-0.2, 0) is 20.8 Å². The first kappa shape index (κ1) is 21.3. The molecule has 1 heterocycles. The number of aryl methyl sites for hydroxylation is 1. The Labute approximate surface area is 183 Å². The number of amides is 3. The van der Waals surface area contributed by atoms with Crippen LogP contribution in [0, 0.1) is 23.7 Å². The third-order valence-electron chi connectivity index (χ3n) is 7.66. The maximum absolute atomic E-state index is 13.7. The van der Waals surface area contributed by atoms with E-state index in [-0.39, 0.29) is 23.6 Å². The molecule has 0 spiro atoms. The molecular formula is C26H30N2O3. The Morgan fingerprint density at radius 3 is 2.35 bits per heavy atom. The smallest absolute Gasteiger partial charge is 0.248 e. The molecule has 1 aliphatic heterocycles. The first-order valence-corrected chi connectivity index (χ1v) is 10.9. The number of imide groups is 1. The molecule has 3 unspecified atom stereocenters. The van der Waals surface area contributed by atoms with Gasteiger partial charge in [-0.2, -0.15) is 0 Å². The normalized spacial score (nSPS) is 25.4. The van der Waals surface area contributed by atoms with Crippen molar-refractivity contribution in [3.8, 4) is 0 Å². The number of likely N-dealkylation sites (tertiary alicyclic amines) is 1. The van der Waals surface area contributed by atoms with Crippen molar-refractivity contribution in [2.24, 2.45) is 16.7 Å². The quantitative estimate of drug-likeness (QED) is 0.734. The monoisotopic (exact) mass is 418 g/mol. The number of fused-ring (bicyclic) bond motifs is 2. The Balaban J connectivity index is 1.70. The largest absolute Gasteiger partial charge is 0.324 e. The Kier molecular flexibility index (Phi) is 5.24. The van der Waals surface area contributed by atoms with Gasteiger partial charge in [-0.15, -0.1) is 0 Å². The van der Waals surface area contributed by atoms with Gasteiger partial charge in [-0.1, -0.05) is 68.8 Å². The first-order chi connectivity index (χ1) is 14.6. The SMILES string of the molecule is Cc1ccc(NC(=O)C(Cc2ccccc2)N2C(=O)C3CCC(C)(C2=O)C3(C)C)cc1. The summed E-state index contributed by atoms with van der Waals surface area (Å²) in [5, 5.41) is 2.93. The van der Waals surface area contributed by atoms with Crippen LogP contribution >= 0.6 is 0 Å². The highest BCUT2D eigenvalue weighted by Gasteiger charge is 2.65. The van der Waals surface area contributed by atoms with E-state index in [0.717, 1.165) is 11.1 Å². The van der Waals surface area contributed by atoms with E-state index in [1.807, 2.05) is 82.3 Å². The minimum atomic E-state index is -0.889. The van der Waals surface area contributed by atoms with Gasteiger partial charge in [-0.05, 0) is 42.9 Å². The van der Waals surface area contributed by atoms with Gasteiger partial charge in [-0.3, -0.25) is 19.3 Å². The molecule has 1 aliphatic carbocycles. The molecular weight excluding hydrogens is 388 g/mol. The number of benzene rings is 2. The summed E-state index contributed by atoms with van der Waals surface area (Å²) >= 11 is 0. The zero-order chi connectivity index (χ0) is 22.4. The molecule has 1 N–H and O–H groups in total.